The second-order valence-electron chi connectivity index (χ2n) is 24.0. The van der Waals surface area contributed by atoms with E-state index in [0.717, 1.165) is 112 Å². The van der Waals surface area contributed by atoms with Crippen molar-refractivity contribution in [3.8, 4) is 112 Å². The Kier molecular flexibility index (Phi) is 16.1. The van der Waals surface area contributed by atoms with Crippen LogP contribution in [0.5, 0.6) is 0 Å². The molecule has 1 heterocycles. The zero-order valence-electron chi connectivity index (χ0n) is 52.7. The molecular weight excluding hydrogens is 1160 g/mol. The maximum Gasteiger partial charge on any atom is 0.0973 e. The lowest BCUT2D eigenvalue weighted by molar-refractivity contribution is 1.26. The monoisotopic (exact) mass is 1220 g/mol. The van der Waals surface area contributed by atoms with Crippen LogP contribution in [-0.2, 0) is 0 Å². The van der Waals surface area contributed by atoms with E-state index in [2.05, 4.69) is 386 Å². The van der Waals surface area contributed by atoms with Crippen molar-refractivity contribution in [2.75, 3.05) is 9.80 Å². The first-order chi connectivity index (χ1) is 47.6. The van der Waals surface area contributed by atoms with Gasteiger partial charge < -0.3 is 9.80 Å². The Hall–Kier alpha value is -12.8. The van der Waals surface area contributed by atoms with E-state index in [0.29, 0.717) is 0 Å². The molecule has 0 saturated heterocycles. The van der Waals surface area contributed by atoms with E-state index in [1.165, 1.54) is 44.5 Å². The fraction of sp³-hybridized carbons (Fsp3) is 0. The Labute approximate surface area is 561 Å². The third-order valence-electron chi connectivity index (χ3n) is 18.2. The second-order valence-corrected chi connectivity index (χ2v) is 24.0. The molecule has 0 unspecified atom stereocenters. The Morgan fingerprint density at radius 3 is 0.656 bits per heavy atom. The highest BCUT2D eigenvalue weighted by molar-refractivity contribution is 5.97. The molecule has 0 amide bonds. The van der Waals surface area contributed by atoms with Crippen LogP contribution in [0.1, 0.15) is 0 Å². The summed E-state index contributed by atoms with van der Waals surface area (Å²) in [6.07, 6.45) is 0. The normalized spacial score (nSPS) is 11.1. The average Bonchev–Trinajstić information content (AvgIpc) is 0.781. The van der Waals surface area contributed by atoms with Crippen LogP contribution < -0.4 is 9.80 Å². The van der Waals surface area contributed by atoms with Gasteiger partial charge in [0.15, 0.2) is 0 Å². The van der Waals surface area contributed by atoms with Crippen molar-refractivity contribution < 1.29 is 0 Å². The van der Waals surface area contributed by atoms with Gasteiger partial charge in [-0.25, -0.2) is 9.97 Å². The lowest BCUT2D eigenvalue weighted by atomic mass is 9.93. The topological polar surface area (TPSA) is 32.3 Å². The zero-order valence-corrected chi connectivity index (χ0v) is 52.7. The maximum atomic E-state index is 5.46. The number of nitrogens with zero attached hydrogens (tertiary/aromatic N) is 4. The first kappa shape index (κ1) is 58.3. The Morgan fingerprint density at radius 1 is 0.146 bits per heavy atom. The fourth-order valence-electron chi connectivity index (χ4n) is 13.3. The van der Waals surface area contributed by atoms with Gasteiger partial charge in [0, 0.05) is 45.0 Å². The average molecular weight is 1230 g/mol. The highest BCUT2D eigenvalue weighted by Crippen LogP contribution is 2.47. The Bertz CT molecular complexity index is 4990. The van der Waals surface area contributed by atoms with Crippen molar-refractivity contribution in [2.24, 2.45) is 0 Å². The lowest BCUT2D eigenvalue weighted by Gasteiger charge is -2.29. The van der Waals surface area contributed by atoms with Crippen molar-refractivity contribution >= 4 is 45.2 Å². The van der Waals surface area contributed by atoms with Gasteiger partial charge in [-0.3, -0.25) is 0 Å². The molecule has 0 radical (unpaired) electrons. The smallest absolute Gasteiger partial charge is 0.0973 e. The van der Waals surface area contributed by atoms with Gasteiger partial charge in [-0.15, -0.1) is 0 Å². The van der Waals surface area contributed by atoms with E-state index < -0.39 is 0 Å². The SMILES string of the molecule is c1ccc(-c2ccc(-c3ccc(N(c4ccc(-c5nc6ccccc6nc5-c5ccc(N(c6ccc(-c7ccc(-c8ccccc8)cc7)cc6)c6ccccc6-c6ccccc6-c6ccccc6)cc5)cc4)c4ccccc4-c4ccccc4-c4ccccc4)cc3)cc2)cc1. The summed E-state index contributed by atoms with van der Waals surface area (Å²) in [5, 5.41) is 0. The van der Waals surface area contributed by atoms with E-state index in [1.54, 1.807) is 0 Å². The highest BCUT2D eigenvalue weighted by atomic mass is 15.2. The molecule has 0 fully saturated rings. The second kappa shape index (κ2) is 26.5. The van der Waals surface area contributed by atoms with Gasteiger partial charge >= 0.3 is 0 Å². The molecule has 0 aliphatic heterocycles. The van der Waals surface area contributed by atoms with E-state index in [4.69, 9.17) is 9.97 Å². The van der Waals surface area contributed by atoms with Crippen molar-refractivity contribution in [3.63, 3.8) is 0 Å². The summed E-state index contributed by atoms with van der Waals surface area (Å²) in [6.45, 7) is 0. The van der Waals surface area contributed by atoms with Gasteiger partial charge in [0.2, 0.25) is 0 Å². The van der Waals surface area contributed by atoms with Crippen LogP contribution in [-0.4, -0.2) is 9.97 Å². The summed E-state index contributed by atoms with van der Waals surface area (Å²) in [5.41, 5.74) is 30.0. The summed E-state index contributed by atoms with van der Waals surface area (Å²) in [6, 6.07) is 139. The number of para-hydroxylation sites is 4. The first-order valence-corrected chi connectivity index (χ1v) is 32.7. The van der Waals surface area contributed by atoms with Gasteiger partial charge in [-0.1, -0.05) is 315 Å². The molecule has 0 aliphatic rings. The largest absolute Gasteiger partial charge is 0.310 e. The molecule has 0 N–H and O–H groups in total. The summed E-state index contributed by atoms with van der Waals surface area (Å²) < 4.78 is 0. The number of benzene rings is 15. The number of aromatic nitrogens is 2. The minimum absolute atomic E-state index is 0.798. The van der Waals surface area contributed by atoms with E-state index in [1.807, 2.05) is 12.1 Å². The maximum absolute atomic E-state index is 5.46. The standard InChI is InChI=1S/C92H64N4/c1-5-23-65(24-6-1)67-41-45-69(46-42-67)71-49-57-77(58-50-71)95(89-39-21-17-35-85(89)83-33-15-13-31-81(83)73-27-9-3-10-28-73)79-61-53-75(54-62-79)91-92(94-88-38-20-19-37-87(88)93-91)76-55-63-80(64-56-76)96(78-59-51-72(52-60-78)70-47-43-68(44-48-70)66-25-7-2-8-26-66)90-40-22-18-36-86(90)84-34-16-14-32-82(84)74-29-11-4-12-30-74/h1-64H. The zero-order chi connectivity index (χ0) is 64.0. The molecule has 16 rings (SSSR count). The molecule has 0 aliphatic carbocycles. The first-order valence-electron chi connectivity index (χ1n) is 32.7. The highest BCUT2D eigenvalue weighted by Gasteiger charge is 2.23. The molecule has 16 aromatic rings. The van der Waals surface area contributed by atoms with Crippen LogP contribution in [0.4, 0.5) is 34.1 Å². The number of anilines is 6. The molecule has 4 nitrogen and oxygen atoms in total. The molecule has 15 aromatic carbocycles. The van der Waals surface area contributed by atoms with E-state index >= 15 is 0 Å². The fourth-order valence-corrected chi connectivity index (χ4v) is 13.3. The molecule has 4 heteroatoms. The summed E-state index contributed by atoms with van der Waals surface area (Å²) in [5.74, 6) is 0. The Morgan fingerprint density at radius 2 is 0.354 bits per heavy atom. The third kappa shape index (κ3) is 11.8. The van der Waals surface area contributed by atoms with Gasteiger partial charge in [0.05, 0.1) is 33.8 Å². The quantitative estimate of drug-likeness (QED) is 0.0965. The molecule has 0 saturated carbocycles. The predicted molar refractivity (Wildman–Crippen MR) is 403 cm³/mol. The molecule has 1 aromatic heterocycles. The van der Waals surface area contributed by atoms with Crippen molar-refractivity contribution in [1.29, 1.82) is 0 Å². The molecule has 96 heavy (non-hydrogen) atoms. The minimum atomic E-state index is 0.798. The van der Waals surface area contributed by atoms with Gasteiger partial charge in [0.1, 0.15) is 0 Å². The van der Waals surface area contributed by atoms with Crippen molar-refractivity contribution in [3.05, 3.63) is 388 Å². The minimum Gasteiger partial charge on any atom is -0.310 e. The van der Waals surface area contributed by atoms with Crippen LogP contribution in [0.15, 0.2) is 388 Å². The molecule has 0 spiro atoms. The van der Waals surface area contributed by atoms with Crippen LogP contribution >= 0.6 is 0 Å². The van der Waals surface area contributed by atoms with Gasteiger partial charge in [-0.05, 0) is 151 Å². The Balaban J connectivity index is 0.784. The number of hydrogen-bond acceptors (Lipinski definition) is 4. The summed E-state index contributed by atoms with van der Waals surface area (Å²) in [4.78, 5) is 15.7. The van der Waals surface area contributed by atoms with Crippen LogP contribution in [0.3, 0.4) is 0 Å². The third-order valence-corrected chi connectivity index (χ3v) is 18.2. The number of fused-ring (bicyclic) bond motifs is 1. The molecule has 452 valence electrons. The lowest BCUT2D eigenvalue weighted by Crippen LogP contribution is -2.11. The van der Waals surface area contributed by atoms with Crippen LogP contribution in [0, 0.1) is 0 Å². The summed E-state index contributed by atoms with van der Waals surface area (Å²) >= 11 is 0. The van der Waals surface area contributed by atoms with Gasteiger partial charge in [-0.2, -0.15) is 0 Å². The van der Waals surface area contributed by atoms with Gasteiger partial charge in [0.25, 0.3) is 0 Å². The van der Waals surface area contributed by atoms with E-state index in [-0.39, 0.29) is 0 Å². The number of hydrogen-bond donors (Lipinski definition) is 0. The number of rotatable bonds is 16. The van der Waals surface area contributed by atoms with Crippen molar-refractivity contribution in [2.45, 2.75) is 0 Å². The van der Waals surface area contributed by atoms with E-state index in [9.17, 15) is 0 Å². The molecule has 0 atom stereocenters. The van der Waals surface area contributed by atoms with Crippen molar-refractivity contribution in [1.82, 2.24) is 9.97 Å². The molecular formula is C92H64N4. The van der Waals surface area contributed by atoms with Crippen LogP contribution in [0.2, 0.25) is 0 Å². The molecule has 0 bridgehead atoms. The summed E-state index contributed by atoms with van der Waals surface area (Å²) in [7, 11) is 0. The predicted octanol–water partition coefficient (Wildman–Crippen LogP) is 25.2. The van der Waals surface area contributed by atoms with Crippen LogP contribution in [0.25, 0.3) is 123 Å².